The van der Waals surface area contributed by atoms with Crippen molar-refractivity contribution in [3.8, 4) is 6.07 Å². The molecular weight excluding hydrogens is 316 g/mol. The summed E-state index contributed by atoms with van der Waals surface area (Å²) in [7, 11) is -3.68. The van der Waals surface area contributed by atoms with Crippen LogP contribution in [0.3, 0.4) is 0 Å². The molecule has 0 saturated heterocycles. The standard InChI is InChI=1S/C9H8BrClN2O2S/c1-6(5-12)16(14,15)13-7-2-3-8(10)9(11)4-7/h2-4,6,13H,1H3. The zero-order chi connectivity index (χ0) is 12.3. The Kier molecular flexibility index (Phi) is 4.19. The maximum absolute atomic E-state index is 11.5. The summed E-state index contributed by atoms with van der Waals surface area (Å²) in [5, 5.41) is 7.82. The molecule has 4 nitrogen and oxygen atoms in total. The van der Waals surface area contributed by atoms with E-state index in [0.717, 1.165) is 0 Å². The SMILES string of the molecule is CC(C#N)S(=O)(=O)Nc1ccc(Br)c(Cl)c1. The molecule has 1 aromatic rings. The van der Waals surface area contributed by atoms with Gasteiger partial charge < -0.3 is 0 Å². The molecule has 86 valence electrons. The number of hydrogen-bond acceptors (Lipinski definition) is 3. The Morgan fingerprint density at radius 1 is 1.56 bits per heavy atom. The molecule has 0 heterocycles. The van der Waals surface area contributed by atoms with Crippen molar-refractivity contribution in [1.29, 1.82) is 5.26 Å². The lowest BCUT2D eigenvalue weighted by Gasteiger charge is -2.09. The first-order chi connectivity index (χ1) is 7.36. The highest BCUT2D eigenvalue weighted by molar-refractivity contribution is 9.10. The van der Waals surface area contributed by atoms with Crippen LogP contribution >= 0.6 is 27.5 Å². The number of nitrogens with one attached hydrogen (secondary N) is 1. The van der Waals surface area contributed by atoms with Crippen LogP contribution in [-0.4, -0.2) is 13.7 Å². The van der Waals surface area contributed by atoms with Gasteiger partial charge >= 0.3 is 0 Å². The van der Waals surface area contributed by atoms with Crippen LogP contribution in [0, 0.1) is 11.3 Å². The minimum Gasteiger partial charge on any atom is -0.282 e. The third kappa shape index (κ3) is 3.11. The second-order valence-electron chi connectivity index (χ2n) is 3.05. The van der Waals surface area contributed by atoms with E-state index in [1.165, 1.54) is 13.0 Å². The van der Waals surface area contributed by atoms with Crippen molar-refractivity contribution in [1.82, 2.24) is 0 Å². The molecule has 1 aromatic carbocycles. The van der Waals surface area contributed by atoms with E-state index in [1.807, 2.05) is 0 Å². The van der Waals surface area contributed by atoms with Gasteiger partial charge in [-0.25, -0.2) is 8.42 Å². The van der Waals surface area contributed by atoms with E-state index in [1.54, 1.807) is 18.2 Å². The third-order valence-electron chi connectivity index (χ3n) is 1.83. The van der Waals surface area contributed by atoms with Crippen LogP contribution in [0.4, 0.5) is 5.69 Å². The summed E-state index contributed by atoms with van der Waals surface area (Å²) in [6, 6.07) is 6.30. The zero-order valence-corrected chi connectivity index (χ0v) is 11.4. The molecular formula is C9H8BrClN2O2S. The Labute approximate surface area is 107 Å². The number of rotatable bonds is 3. The number of halogens is 2. The minimum atomic E-state index is -3.68. The van der Waals surface area contributed by atoms with Gasteiger partial charge in [0.1, 0.15) is 0 Å². The van der Waals surface area contributed by atoms with Gasteiger partial charge in [-0.2, -0.15) is 5.26 Å². The lowest BCUT2D eigenvalue weighted by molar-refractivity contribution is 0.597. The van der Waals surface area contributed by atoms with Gasteiger partial charge in [0.2, 0.25) is 10.0 Å². The van der Waals surface area contributed by atoms with Crippen LogP contribution in [-0.2, 0) is 10.0 Å². The highest BCUT2D eigenvalue weighted by Crippen LogP contribution is 2.26. The van der Waals surface area contributed by atoms with Crippen molar-refractivity contribution in [3.63, 3.8) is 0 Å². The highest BCUT2D eigenvalue weighted by Gasteiger charge is 2.20. The smallest absolute Gasteiger partial charge is 0.248 e. The molecule has 0 aliphatic heterocycles. The van der Waals surface area contributed by atoms with Gasteiger partial charge in [0, 0.05) is 4.47 Å². The maximum atomic E-state index is 11.5. The van der Waals surface area contributed by atoms with Gasteiger partial charge in [-0.15, -0.1) is 0 Å². The van der Waals surface area contributed by atoms with E-state index in [-0.39, 0.29) is 0 Å². The number of hydrogen-bond donors (Lipinski definition) is 1. The fourth-order valence-electron chi connectivity index (χ4n) is 0.882. The van der Waals surface area contributed by atoms with Crippen LogP contribution in [0.2, 0.25) is 5.02 Å². The quantitative estimate of drug-likeness (QED) is 0.930. The zero-order valence-electron chi connectivity index (χ0n) is 8.24. The minimum absolute atomic E-state index is 0.329. The molecule has 0 spiro atoms. The van der Waals surface area contributed by atoms with Crippen molar-refractivity contribution >= 4 is 43.2 Å². The molecule has 0 bridgehead atoms. The van der Waals surface area contributed by atoms with Crippen LogP contribution in [0.15, 0.2) is 22.7 Å². The van der Waals surface area contributed by atoms with Crippen LogP contribution in [0.25, 0.3) is 0 Å². The summed E-state index contributed by atoms with van der Waals surface area (Å²) < 4.78 is 26.0. The summed E-state index contributed by atoms with van der Waals surface area (Å²) in [6.07, 6.45) is 0. The van der Waals surface area contributed by atoms with Crippen molar-refractivity contribution in [2.45, 2.75) is 12.2 Å². The van der Waals surface area contributed by atoms with Gasteiger partial charge in [0.15, 0.2) is 5.25 Å². The van der Waals surface area contributed by atoms with Crippen molar-refractivity contribution in [3.05, 3.63) is 27.7 Å². The molecule has 7 heteroatoms. The monoisotopic (exact) mass is 322 g/mol. The topological polar surface area (TPSA) is 70.0 Å². The second-order valence-corrected chi connectivity index (χ2v) is 6.31. The molecule has 0 aromatic heterocycles. The van der Waals surface area contributed by atoms with E-state index in [4.69, 9.17) is 16.9 Å². The largest absolute Gasteiger partial charge is 0.282 e. The molecule has 0 aliphatic carbocycles. The van der Waals surface area contributed by atoms with Gasteiger partial charge in [0.25, 0.3) is 0 Å². The Hall–Kier alpha value is -0.770. The van der Waals surface area contributed by atoms with Crippen LogP contribution < -0.4 is 4.72 Å². The Morgan fingerprint density at radius 3 is 2.69 bits per heavy atom. The van der Waals surface area contributed by atoms with Gasteiger partial charge in [-0.1, -0.05) is 11.6 Å². The fourth-order valence-corrected chi connectivity index (χ4v) is 2.08. The number of sulfonamides is 1. The normalized spacial score (nSPS) is 12.9. The van der Waals surface area contributed by atoms with Crippen molar-refractivity contribution in [2.75, 3.05) is 4.72 Å². The van der Waals surface area contributed by atoms with E-state index in [2.05, 4.69) is 20.7 Å². The number of nitrogens with zero attached hydrogens (tertiary/aromatic N) is 1. The third-order valence-corrected chi connectivity index (χ3v) is 4.62. The van der Waals surface area contributed by atoms with E-state index < -0.39 is 15.3 Å². The van der Waals surface area contributed by atoms with Gasteiger partial charge in [-0.05, 0) is 41.1 Å². The highest BCUT2D eigenvalue weighted by atomic mass is 79.9. The number of anilines is 1. The average molecular weight is 324 g/mol. The van der Waals surface area contributed by atoms with Gasteiger partial charge in [-0.3, -0.25) is 4.72 Å². The Balaban J connectivity index is 2.98. The molecule has 0 amide bonds. The molecule has 0 aliphatic rings. The van der Waals surface area contributed by atoms with Crippen LogP contribution in [0.5, 0.6) is 0 Å². The van der Waals surface area contributed by atoms with Crippen molar-refractivity contribution in [2.24, 2.45) is 0 Å². The summed E-state index contributed by atoms with van der Waals surface area (Å²) in [4.78, 5) is 0. The summed E-state index contributed by atoms with van der Waals surface area (Å²) in [5.74, 6) is 0. The maximum Gasteiger partial charge on any atom is 0.248 e. The summed E-state index contributed by atoms with van der Waals surface area (Å²) in [6.45, 7) is 1.31. The lowest BCUT2D eigenvalue weighted by atomic mass is 10.3. The molecule has 1 atom stereocenters. The molecule has 16 heavy (non-hydrogen) atoms. The van der Waals surface area contributed by atoms with E-state index >= 15 is 0 Å². The predicted molar refractivity (Wildman–Crippen MR) is 66.8 cm³/mol. The summed E-state index contributed by atoms with van der Waals surface area (Å²) in [5.41, 5.74) is 0.329. The summed E-state index contributed by atoms with van der Waals surface area (Å²) >= 11 is 9.00. The van der Waals surface area contributed by atoms with E-state index in [9.17, 15) is 8.42 Å². The number of nitriles is 1. The molecule has 0 saturated carbocycles. The molecule has 0 fully saturated rings. The first kappa shape index (κ1) is 13.3. The first-order valence-electron chi connectivity index (χ1n) is 4.23. The molecule has 1 unspecified atom stereocenters. The van der Waals surface area contributed by atoms with Gasteiger partial charge in [0.05, 0.1) is 16.8 Å². The van der Waals surface area contributed by atoms with Crippen LogP contribution in [0.1, 0.15) is 6.92 Å². The number of benzene rings is 1. The Bertz CT molecular complexity index is 539. The lowest BCUT2D eigenvalue weighted by Crippen LogP contribution is -2.23. The fraction of sp³-hybridized carbons (Fsp3) is 0.222. The van der Waals surface area contributed by atoms with Crippen molar-refractivity contribution < 1.29 is 8.42 Å². The first-order valence-corrected chi connectivity index (χ1v) is 6.95. The second kappa shape index (κ2) is 5.04. The molecule has 1 N–H and O–H groups in total. The van der Waals surface area contributed by atoms with E-state index in [0.29, 0.717) is 15.2 Å². The molecule has 0 radical (unpaired) electrons. The predicted octanol–water partition coefficient (Wildman–Crippen LogP) is 2.76. The molecule has 1 rings (SSSR count). The Morgan fingerprint density at radius 2 is 2.19 bits per heavy atom. The average Bonchev–Trinajstić information content (AvgIpc) is 2.22.